The summed E-state index contributed by atoms with van der Waals surface area (Å²) in [6, 6.07) is 16.1. The monoisotopic (exact) mass is 438 g/mol. The van der Waals surface area contributed by atoms with Crippen LogP contribution in [0.2, 0.25) is 0 Å². The van der Waals surface area contributed by atoms with Crippen LogP contribution in [0, 0.1) is 11.8 Å². The van der Waals surface area contributed by atoms with Gasteiger partial charge < -0.3 is 18.9 Å². The summed E-state index contributed by atoms with van der Waals surface area (Å²) in [5, 5.41) is 0. The molecule has 32 heavy (non-hydrogen) atoms. The van der Waals surface area contributed by atoms with E-state index in [0.717, 1.165) is 22.3 Å². The topological polar surface area (TPSA) is 71.1 Å². The quantitative estimate of drug-likeness (QED) is 0.416. The van der Waals surface area contributed by atoms with Crippen LogP contribution in [-0.2, 0) is 28.5 Å². The Hall–Kier alpha value is -2.70. The molecule has 0 N–H and O–H groups in total. The van der Waals surface area contributed by atoms with E-state index >= 15 is 0 Å². The van der Waals surface area contributed by atoms with Crippen LogP contribution in [0.15, 0.2) is 48.5 Å². The number of ether oxygens (including phenoxy) is 4. The second-order valence-electron chi connectivity index (χ2n) is 7.99. The first-order valence-electron chi connectivity index (χ1n) is 11.3. The van der Waals surface area contributed by atoms with Crippen molar-refractivity contribution in [2.45, 2.75) is 25.7 Å². The first kappa shape index (κ1) is 22.5. The first-order chi connectivity index (χ1) is 15.7. The molecule has 2 bridgehead atoms. The van der Waals surface area contributed by atoms with Gasteiger partial charge in [-0.1, -0.05) is 48.5 Å². The summed E-state index contributed by atoms with van der Waals surface area (Å²) >= 11 is 0. The lowest BCUT2D eigenvalue weighted by atomic mass is 9.54. The zero-order chi connectivity index (χ0) is 22.5. The highest BCUT2D eigenvalue weighted by molar-refractivity contribution is 5.88. The van der Waals surface area contributed by atoms with Gasteiger partial charge >= 0.3 is 11.9 Å². The SMILES string of the molecule is CCOCCOC(=O)[C@H]1C2c3ccccc3C(c3ccccc32)[C@@H]1C(=O)OCCOCC. The molecule has 2 atom stereocenters. The number of esters is 2. The highest BCUT2D eigenvalue weighted by Gasteiger charge is 2.56. The summed E-state index contributed by atoms with van der Waals surface area (Å²) in [6.45, 7) is 5.89. The largest absolute Gasteiger partial charge is 0.463 e. The van der Waals surface area contributed by atoms with E-state index in [1.807, 2.05) is 38.1 Å². The Morgan fingerprint density at radius 2 is 0.969 bits per heavy atom. The molecule has 0 aromatic heterocycles. The second kappa shape index (κ2) is 10.3. The molecule has 2 aromatic carbocycles. The Balaban J connectivity index is 1.70. The smallest absolute Gasteiger partial charge is 0.310 e. The highest BCUT2D eigenvalue weighted by Crippen LogP contribution is 2.58. The molecular formula is C26H30O6. The van der Waals surface area contributed by atoms with Crippen molar-refractivity contribution in [3.05, 3.63) is 70.8 Å². The number of hydrogen-bond acceptors (Lipinski definition) is 6. The van der Waals surface area contributed by atoms with Crippen molar-refractivity contribution in [3.63, 3.8) is 0 Å². The molecule has 0 unspecified atom stereocenters. The lowest BCUT2D eigenvalue weighted by Crippen LogP contribution is -2.48. The summed E-state index contributed by atoms with van der Waals surface area (Å²) in [5.41, 5.74) is 4.34. The maximum atomic E-state index is 13.4. The lowest BCUT2D eigenvalue weighted by Gasteiger charge is -2.48. The van der Waals surface area contributed by atoms with Crippen LogP contribution in [0.25, 0.3) is 0 Å². The first-order valence-corrected chi connectivity index (χ1v) is 11.3. The molecule has 6 nitrogen and oxygen atoms in total. The van der Waals surface area contributed by atoms with Crippen LogP contribution in [0.1, 0.15) is 47.9 Å². The fourth-order valence-corrected chi connectivity index (χ4v) is 5.13. The maximum Gasteiger partial charge on any atom is 0.310 e. The molecular weight excluding hydrogens is 408 g/mol. The van der Waals surface area contributed by atoms with Gasteiger partial charge in [0.05, 0.1) is 25.0 Å². The van der Waals surface area contributed by atoms with Crippen molar-refractivity contribution >= 4 is 11.9 Å². The van der Waals surface area contributed by atoms with Crippen LogP contribution in [0.3, 0.4) is 0 Å². The van der Waals surface area contributed by atoms with Crippen LogP contribution < -0.4 is 0 Å². The van der Waals surface area contributed by atoms with Gasteiger partial charge in [0, 0.05) is 25.0 Å². The summed E-state index contributed by atoms with van der Waals surface area (Å²) in [7, 11) is 0. The average molecular weight is 439 g/mol. The molecule has 0 saturated carbocycles. The van der Waals surface area contributed by atoms with E-state index in [1.165, 1.54) is 0 Å². The van der Waals surface area contributed by atoms with Crippen molar-refractivity contribution in [1.82, 2.24) is 0 Å². The molecule has 5 rings (SSSR count). The van der Waals surface area contributed by atoms with Gasteiger partial charge in [-0.15, -0.1) is 0 Å². The molecule has 0 amide bonds. The molecule has 0 spiro atoms. The number of carbonyl (C=O) groups is 2. The zero-order valence-electron chi connectivity index (χ0n) is 18.6. The molecule has 6 heteroatoms. The van der Waals surface area contributed by atoms with Gasteiger partial charge in [0.25, 0.3) is 0 Å². The van der Waals surface area contributed by atoms with E-state index in [-0.39, 0.29) is 37.0 Å². The Kier molecular flexibility index (Phi) is 7.22. The zero-order valence-corrected chi connectivity index (χ0v) is 18.6. The van der Waals surface area contributed by atoms with Crippen LogP contribution in [-0.4, -0.2) is 51.6 Å². The van der Waals surface area contributed by atoms with Gasteiger partial charge in [-0.05, 0) is 36.1 Å². The van der Waals surface area contributed by atoms with Gasteiger partial charge in [0.2, 0.25) is 0 Å². The van der Waals surface area contributed by atoms with Crippen LogP contribution in [0.4, 0.5) is 0 Å². The summed E-state index contributed by atoms with van der Waals surface area (Å²) in [5.74, 6) is -2.56. The van der Waals surface area contributed by atoms with Gasteiger partial charge in [-0.3, -0.25) is 9.59 Å². The molecule has 3 aliphatic rings. The fourth-order valence-electron chi connectivity index (χ4n) is 5.13. The van der Waals surface area contributed by atoms with E-state index < -0.39 is 11.8 Å². The van der Waals surface area contributed by atoms with Crippen LogP contribution >= 0.6 is 0 Å². The lowest BCUT2D eigenvalue weighted by molar-refractivity contribution is -0.165. The molecule has 170 valence electrons. The standard InChI is InChI=1S/C26H30O6/c1-3-29-13-15-31-25(27)23-21-17-9-5-7-11-19(17)22(20-12-8-6-10-18(20)21)24(23)26(28)32-16-14-30-4-2/h5-12,21-24H,3-4,13-16H2,1-2H3/t21?,22?,23-,24-/m0/s1. The number of fused-ring (bicyclic) bond motifs is 1. The molecule has 0 heterocycles. The van der Waals surface area contributed by atoms with Crippen LogP contribution in [0.5, 0.6) is 0 Å². The van der Waals surface area contributed by atoms with Crippen molar-refractivity contribution in [1.29, 1.82) is 0 Å². The molecule has 0 fully saturated rings. The second-order valence-corrected chi connectivity index (χ2v) is 7.99. The van der Waals surface area contributed by atoms with E-state index in [0.29, 0.717) is 26.4 Å². The predicted octanol–water partition coefficient (Wildman–Crippen LogP) is 3.67. The molecule has 0 aliphatic heterocycles. The predicted molar refractivity (Wildman–Crippen MR) is 118 cm³/mol. The average Bonchev–Trinajstić information content (AvgIpc) is 2.83. The Morgan fingerprint density at radius 1 is 0.625 bits per heavy atom. The minimum absolute atomic E-state index is 0.163. The fraction of sp³-hybridized carbons (Fsp3) is 0.462. The minimum Gasteiger partial charge on any atom is -0.463 e. The molecule has 3 aliphatic carbocycles. The van der Waals surface area contributed by atoms with E-state index in [9.17, 15) is 9.59 Å². The Labute approximate surface area is 188 Å². The number of benzene rings is 2. The van der Waals surface area contributed by atoms with Gasteiger partial charge in [0.15, 0.2) is 0 Å². The van der Waals surface area contributed by atoms with E-state index in [1.54, 1.807) is 0 Å². The van der Waals surface area contributed by atoms with Crippen molar-refractivity contribution < 1.29 is 28.5 Å². The summed E-state index contributed by atoms with van der Waals surface area (Å²) in [6.07, 6.45) is 0. The summed E-state index contributed by atoms with van der Waals surface area (Å²) < 4.78 is 21.8. The van der Waals surface area contributed by atoms with E-state index in [2.05, 4.69) is 24.3 Å². The number of carbonyl (C=O) groups excluding carboxylic acids is 2. The number of rotatable bonds is 10. The van der Waals surface area contributed by atoms with Crippen molar-refractivity contribution in [3.8, 4) is 0 Å². The third-order valence-corrected chi connectivity index (χ3v) is 6.33. The third kappa shape index (κ3) is 4.17. The van der Waals surface area contributed by atoms with Gasteiger partial charge in [-0.25, -0.2) is 0 Å². The third-order valence-electron chi connectivity index (χ3n) is 6.33. The van der Waals surface area contributed by atoms with Gasteiger partial charge in [-0.2, -0.15) is 0 Å². The minimum atomic E-state index is -0.647. The van der Waals surface area contributed by atoms with Gasteiger partial charge in [0.1, 0.15) is 13.2 Å². The Bertz CT molecular complexity index is 831. The maximum absolute atomic E-state index is 13.4. The van der Waals surface area contributed by atoms with Crippen molar-refractivity contribution in [2.24, 2.45) is 11.8 Å². The normalized spacial score (nSPS) is 22.7. The Morgan fingerprint density at radius 3 is 1.28 bits per heavy atom. The molecule has 0 saturated heterocycles. The number of hydrogen-bond donors (Lipinski definition) is 0. The summed E-state index contributed by atoms with van der Waals surface area (Å²) in [4.78, 5) is 26.7. The van der Waals surface area contributed by atoms with E-state index in [4.69, 9.17) is 18.9 Å². The van der Waals surface area contributed by atoms with Crippen molar-refractivity contribution in [2.75, 3.05) is 39.6 Å². The highest BCUT2D eigenvalue weighted by atomic mass is 16.6. The molecule has 2 aromatic rings. The molecule has 0 radical (unpaired) electrons.